The lowest BCUT2D eigenvalue weighted by atomic mass is 10.2. The van der Waals surface area contributed by atoms with E-state index in [2.05, 4.69) is 10.0 Å². The van der Waals surface area contributed by atoms with Crippen LogP contribution in [0.1, 0.15) is 10.4 Å². The molecule has 28 heavy (non-hydrogen) atoms. The van der Waals surface area contributed by atoms with Gasteiger partial charge < -0.3 is 10.1 Å². The molecule has 0 aliphatic carbocycles. The Hall–Kier alpha value is -3.03. The van der Waals surface area contributed by atoms with Crippen molar-refractivity contribution in [2.24, 2.45) is 0 Å². The van der Waals surface area contributed by atoms with Crippen LogP contribution in [0.3, 0.4) is 0 Å². The standard InChI is InChI=1S/C20H17ClN2O4S/c1-27-19-12-11-17(28(25,26)23-16-9-7-15(21)8-10-16)13-18(19)22-20(24)14-5-3-2-4-6-14/h2-13,23H,1H3,(H,22,24). The van der Waals surface area contributed by atoms with Gasteiger partial charge in [-0.2, -0.15) is 0 Å². The Morgan fingerprint density at radius 3 is 2.29 bits per heavy atom. The van der Waals surface area contributed by atoms with E-state index in [-0.39, 0.29) is 16.5 Å². The summed E-state index contributed by atoms with van der Waals surface area (Å²) in [6.45, 7) is 0. The molecular formula is C20H17ClN2O4S. The number of anilines is 2. The van der Waals surface area contributed by atoms with E-state index in [4.69, 9.17) is 16.3 Å². The molecule has 0 saturated carbocycles. The van der Waals surface area contributed by atoms with Gasteiger partial charge in [0, 0.05) is 16.3 Å². The Morgan fingerprint density at radius 2 is 1.64 bits per heavy atom. The Labute approximate surface area is 168 Å². The van der Waals surface area contributed by atoms with E-state index < -0.39 is 10.0 Å². The second kappa shape index (κ2) is 8.33. The third-order valence-corrected chi connectivity index (χ3v) is 5.49. The van der Waals surface area contributed by atoms with Crippen LogP contribution >= 0.6 is 11.6 Å². The van der Waals surface area contributed by atoms with Gasteiger partial charge in [-0.05, 0) is 54.6 Å². The number of sulfonamides is 1. The highest BCUT2D eigenvalue weighted by molar-refractivity contribution is 7.92. The second-order valence-corrected chi connectivity index (χ2v) is 7.91. The van der Waals surface area contributed by atoms with Gasteiger partial charge in [-0.3, -0.25) is 9.52 Å². The highest BCUT2D eigenvalue weighted by atomic mass is 35.5. The Balaban J connectivity index is 1.89. The Bertz CT molecular complexity index is 1080. The second-order valence-electron chi connectivity index (χ2n) is 5.79. The zero-order valence-electron chi connectivity index (χ0n) is 14.8. The van der Waals surface area contributed by atoms with Crippen molar-refractivity contribution in [1.82, 2.24) is 0 Å². The third-order valence-electron chi connectivity index (χ3n) is 3.86. The molecule has 8 heteroatoms. The third kappa shape index (κ3) is 4.62. The van der Waals surface area contributed by atoms with E-state index in [1.54, 1.807) is 54.6 Å². The quantitative estimate of drug-likeness (QED) is 0.623. The topological polar surface area (TPSA) is 84.5 Å². The van der Waals surface area contributed by atoms with Gasteiger partial charge >= 0.3 is 0 Å². The van der Waals surface area contributed by atoms with Crippen molar-refractivity contribution in [3.05, 3.63) is 83.4 Å². The molecule has 144 valence electrons. The lowest BCUT2D eigenvalue weighted by molar-refractivity contribution is 0.102. The van der Waals surface area contributed by atoms with Crippen LogP contribution in [0, 0.1) is 0 Å². The first-order valence-corrected chi connectivity index (χ1v) is 10.1. The van der Waals surface area contributed by atoms with Gasteiger partial charge in [-0.25, -0.2) is 8.42 Å². The molecule has 2 N–H and O–H groups in total. The summed E-state index contributed by atoms with van der Waals surface area (Å²) in [6.07, 6.45) is 0. The van der Waals surface area contributed by atoms with Crippen LogP contribution in [-0.4, -0.2) is 21.4 Å². The van der Waals surface area contributed by atoms with Crippen LogP contribution < -0.4 is 14.8 Å². The van der Waals surface area contributed by atoms with Crippen LogP contribution in [0.15, 0.2) is 77.7 Å². The van der Waals surface area contributed by atoms with Gasteiger partial charge in [0.25, 0.3) is 15.9 Å². The van der Waals surface area contributed by atoms with E-state index in [0.717, 1.165) is 0 Å². The number of carbonyl (C=O) groups excluding carboxylic acids is 1. The van der Waals surface area contributed by atoms with Gasteiger partial charge in [0.15, 0.2) is 0 Å². The predicted octanol–water partition coefficient (Wildman–Crippen LogP) is 4.40. The van der Waals surface area contributed by atoms with Gasteiger partial charge in [-0.1, -0.05) is 29.8 Å². The molecule has 0 unspecified atom stereocenters. The van der Waals surface area contributed by atoms with E-state index in [1.807, 2.05) is 0 Å². The molecule has 0 fully saturated rings. The number of amides is 1. The van der Waals surface area contributed by atoms with Gasteiger partial charge in [-0.15, -0.1) is 0 Å². The Morgan fingerprint density at radius 1 is 0.964 bits per heavy atom. The van der Waals surface area contributed by atoms with E-state index in [0.29, 0.717) is 22.0 Å². The van der Waals surface area contributed by atoms with Crippen molar-refractivity contribution in [2.45, 2.75) is 4.90 Å². The van der Waals surface area contributed by atoms with Gasteiger partial charge in [0.1, 0.15) is 5.75 Å². The smallest absolute Gasteiger partial charge is 0.261 e. The number of benzene rings is 3. The first-order valence-electron chi connectivity index (χ1n) is 8.22. The summed E-state index contributed by atoms with van der Waals surface area (Å²) in [5, 5.41) is 3.19. The fourth-order valence-electron chi connectivity index (χ4n) is 2.47. The number of methoxy groups -OCH3 is 1. The fraction of sp³-hybridized carbons (Fsp3) is 0.0500. The average molecular weight is 417 g/mol. The van der Waals surface area contributed by atoms with Gasteiger partial charge in [0.05, 0.1) is 17.7 Å². The summed E-state index contributed by atoms with van der Waals surface area (Å²) >= 11 is 5.82. The highest BCUT2D eigenvalue weighted by Gasteiger charge is 2.18. The maximum Gasteiger partial charge on any atom is 0.261 e. The number of rotatable bonds is 6. The number of nitrogens with one attached hydrogen (secondary N) is 2. The summed E-state index contributed by atoms with van der Waals surface area (Å²) in [7, 11) is -2.44. The first kappa shape index (κ1) is 19.7. The van der Waals surface area contributed by atoms with E-state index >= 15 is 0 Å². The van der Waals surface area contributed by atoms with Crippen LogP contribution in [0.2, 0.25) is 5.02 Å². The molecule has 0 aliphatic heterocycles. The number of carbonyl (C=O) groups is 1. The monoisotopic (exact) mass is 416 g/mol. The first-order chi connectivity index (χ1) is 13.4. The van der Waals surface area contributed by atoms with Crippen LogP contribution in [-0.2, 0) is 10.0 Å². The lowest BCUT2D eigenvalue weighted by Crippen LogP contribution is -2.15. The number of halogens is 1. The highest BCUT2D eigenvalue weighted by Crippen LogP contribution is 2.29. The van der Waals surface area contributed by atoms with Crippen molar-refractivity contribution in [3.8, 4) is 5.75 Å². The average Bonchev–Trinajstić information content (AvgIpc) is 2.70. The molecule has 0 bridgehead atoms. The molecule has 1 amide bonds. The molecule has 0 saturated heterocycles. The molecule has 0 aromatic heterocycles. The van der Waals surface area contributed by atoms with Crippen molar-refractivity contribution in [1.29, 1.82) is 0 Å². The van der Waals surface area contributed by atoms with Crippen LogP contribution in [0.25, 0.3) is 0 Å². The predicted molar refractivity (Wildman–Crippen MR) is 110 cm³/mol. The van der Waals surface area contributed by atoms with E-state index in [1.165, 1.54) is 25.3 Å². The number of hydrogen-bond acceptors (Lipinski definition) is 4. The molecule has 0 aliphatic rings. The van der Waals surface area contributed by atoms with Crippen molar-refractivity contribution in [2.75, 3.05) is 17.1 Å². The minimum atomic E-state index is -3.87. The van der Waals surface area contributed by atoms with Gasteiger partial charge in [0.2, 0.25) is 0 Å². The molecule has 3 aromatic carbocycles. The van der Waals surface area contributed by atoms with Crippen molar-refractivity contribution < 1.29 is 17.9 Å². The van der Waals surface area contributed by atoms with Crippen molar-refractivity contribution in [3.63, 3.8) is 0 Å². The van der Waals surface area contributed by atoms with Crippen LogP contribution in [0.5, 0.6) is 5.75 Å². The molecule has 0 spiro atoms. The molecule has 0 heterocycles. The molecule has 6 nitrogen and oxygen atoms in total. The lowest BCUT2D eigenvalue weighted by Gasteiger charge is -2.13. The molecule has 0 atom stereocenters. The largest absolute Gasteiger partial charge is 0.495 e. The summed E-state index contributed by atoms with van der Waals surface area (Å²) in [5.74, 6) is -0.0335. The summed E-state index contributed by atoms with van der Waals surface area (Å²) in [5.41, 5.74) is 1.06. The number of ether oxygens (including phenoxy) is 1. The summed E-state index contributed by atoms with van der Waals surface area (Å²) < 4.78 is 33.1. The van der Waals surface area contributed by atoms with Crippen LogP contribution in [0.4, 0.5) is 11.4 Å². The minimum absolute atomic E-state index is 0.0217. The summed E-state index contributed by atoms with van der Waals surface area (Å²) in [6, 6.07) is 19.1. The molecule has 3 aromatic rings. The number of hydrogen-bond donors (Lipinski definition) is 2. The zero-order valence-corrected chi connectivity index (χ0v) is 16.4. The van der Waals surface area contributed by atoms with E-state index in [9.17, 15) is 13.2 Å². The maximum atomic E-state index is 12.7. The molecular weight excluding hydrogens is 400 g/mol. The minimum Gasteiger partial charge on any atom is -0.495 e. The summed E-state index contributed by atoms with van der Waals surface area (Å²) in [4.78, 5) is 12.4. The SMILES string of the molecule is COc1ccc(S(=O)(=O)Nc2ccc(Cl)cc2)cc1NC(=O)c1ccccc1. The molecule has 0 radical (unpaired) electrons. The Kier molecular flexibility index (Phi) is 5.87. The molecule has 3 rings (SSSR count). The zero-order chi connectivity index (χ0) is 20.1. The maximum absolute atomic E-state index is 12.7. The van der Waals surface area contributed by atoms with Crippen molar-refractivity contribution >= 4 is 38.9 Å². The fourth-order valence-corrected chi connectivity index (χ4v) is 3.68. The normalized spacial score (nSPS) is 10.9.